The van der Waals surface area contributed by atoms with Crippen molar-refractivity contribution >= 4 is 22.8 Å². The average Bonchev–Trinajstić information content (AvgIpc) is 2.74. The number of hydrogen-bond acceptors (Lipinski definition) is 4. The van der Waals surface area contributed by atoms with Crippen LogP contribution >= 0.6 is 11.8 Å². The summed E-state index contributed by atoms with van der Waals surface area (Å²) in [7, 11) is 0. The van der Waals surface area contributed by atoms with Gasteiger partial charge in [-0.25, -0.2) is 0 Å². The van der Waals surface area contributed by atoms with Crippen LogP contribution in [0.25, 0.3) is 0 Å². The molecule has 0 unspecified atom stereocenters. The number of amides is 1. The van der Waals surface area contributed by atoms with E-state index < -0.39 is 0 Å². The van der Waals surface area contributed by atoms with E-state index in [1.807, 2.05) is 0 Å². The lowest BCUT2D eigenvalue weighted by Gasteiger charge is -1.99. The van der Waals surface area contributed by atoms with E-state index in [0.717, 1.165) is 12.3 Å². The molecule has 68 valence electrons. The predicted molar refractivity (Wildman–Crippen MR) is 50.8 cm³/mol. The first-order valence-corrected chi connectivity index (χ1v) is 4.82. The number of H-pyrrole nitrogens is 1. The standard InChI is InChI=1S/C7H8N4OS/c12-6(5-3-9-10-4-5)11-7-8-1-2-13-7/h3-4H,1-2H2,(H,9,10)(H,8,11,12). The normalized spacial score (nSPS) is 15.5. The summed E-state index contributed by atoms with van der Waals surface area (Å²) < 4.78 is 0. The zero-order valence-electron chi connectivity index (χ0n) is 6.78. The van der Waals surface area contributed by atoms with E-state index in [-0.39, 0.29) is 5.91 Å². The van der Waals surface area contributed by atoms with Crippen LogP contribution in [-0.2, 0) is 0 Å². The SMILES string of the molecule is O=C(NC1=NCCS1)c1cn[nH]c1. The summed E-state index contributed by atoms with van der Waals surface area (Å²) >= 11 is 1.56. The molecule has 0 aromatic carbocycles. The van der Waals surface area contributed by atoms with Crippen molar-refractivity contribution in [3.63, 3.8) is 0 Å². The van der Waals surface area contributed by atoms with Crippen LogP contribution in [0.2, 0.25) is 0 Å². The minimum Gasteiger partial charge on any atom is -0.301 e. The van der Waals surface area contributed by atoms with Crippen molar-refractivity contribution in [2.24, 2.45) is 4.99 Å². The molecule has 0 fully saturated rings. The Labute approximate surface area is 79.0 Å². The first-order chi connectivity index (χ1) is 6.36. The van der Waals surface area contributed by atoms with Crippen LogP contribution < -0.4 is 5.32 Å². The smallest absolute Gasteiger partial charge is 0.260 e. The third-order valence-corrected chi connectivity index (χ3v) is 2.46. The second kappa shape index (κ2) is 3.61. The molecule has 0 radical (unpaired) electrons. The summed E-state index contributed by atoms with van der Waals surface area (Å²) in [6.07, 6.45) is 3.03. The van der Waals surface area contributed by atoms with Crippen LogP contribution in [0.15, 0.2) is 17.4 Å². The lowest BCUT2D eigenvalue weighted by Crippen LogP contribution is -2.26. The summed E-state index contributed by atoms with van der Waals surface area (Å²) in [4.78, 5) is 15.5. The van der Waals surface area contributed by atoms with Gasteiger partial charge >= 0.3 is 0 Å². The molecular weight excluding hydrogens is 188 g/mol. The van der Waals surface area contributed by atoms with Crippen LogP contribution in [0.4, 0.5) is 0 Å². The lowest BCUT2D eigenvalue weighted by atomic mass is 10.3. The molecule has 0 spiro atoms. The average molecular weight is 196 g/mol. The Balaban J connectivity index is 1.99. The Morgan fingerprint density at radius 2 is 2.62 bits per heavy atom. The Hall–Kier alpha value is -1.30. The maximum absolute atomic E-state index is 11.4. The van der Waals surface area contributed by atoms with Gasteiger partial charge in [-0.05, 0) is 0 Å². The van der Waals surface area contributed by atoms with E-state index in [2.05, 4.69) is 20.5 Å². The van der Waals surface area contributed by atoms with Crippen molar-refractivity contribution < 1.29 is 4.79 Å². The van der Waals surface area contributed by atoms with E-state index in [1.165, 1.54) is 6.20 Å². The van der Waals surface area contributed by atoms with Gasteiger partial charge in [-0.2, -0.15) is 5.10 Å². The zero-order chi connectivity index (χ0) is 9.10. The number of nitrogens with zero attached hydrogens (tertiary/aromatic N) is 2. The molecule has 0 bridgehead atoms. The van der Waals surface area contributed by atoms with E-state index in [0.29, 0.717) is 10.7 Å². The topological polar surface area (TPSA) is 70.1 Å². The summed E-state index contributed by atoms with van der Waals surface area (Å²) in [6.45, 7) is 0.783. The molecule has 0 atom stereocenters. The molecule has 2 rings (SSSR count). The molecule has 0 saturated carbocycles. The minimum absolute atomic E-state index is 0.165. The van der Waals surface area contributed by atoms with Gasteiger partial charge in [0.2, 0.25) is 0 Å². The van der Waals surface area contributed by atoms with Crippen LogP contribution in [0.3, 0.4) is 0 Å². The van der Waals surface area contributed by atoms with Crippen LogP contribution in [-0.4, -0.2) is 33.6 Å². The van der Waals surface area contributed by atoms with Gasteiger partial charge in [-0.1, -0.05) is 11.8 Å². The number of hydrogen-bond donors (Lipinski definition) is 2. The van der Waals surface area contributed by atoms with Crippen molar-refractivity contribution in [3.8, 4) is 0 Å². The number of aliphatic imine (C=N–C) groups is 1. The summed E-state index contributed by atoms with van der Waals surface area (Å²) in [5.41, 5.74) is 0.523. The predicted octanol–water partition coefficient (Wildman–Crippen LogP) is 0.242. The van der Waals surface area contributed by atoms with E-state index in [1.54, 1.807) is 18.0 Å². The van der Waals surface area contributed by atoms with Crippen molar-refractivity contribution in [3.05, 3.63) is 18.0 Å². The quantitative estimate of drug-likeness (QED) is 0.676. The maximum Gasteiger partial charge on any atom is 0.260 e. The Bertz CT molecular complexity index is 332. The molecule has 5 nitrogen and oxygen atoms in total. The first-order valence-electron chi connectivity index (χ1n) is 3.83. The number of nitrogens with one attached hydrogen (secondary N) is 2. The molecule has 1 amide bonds. The van der Waals surface area contributed by atoms with E-state index in [4.69, 9.17) is 0 Å². The fourth-order valence-electron chi connectivity index (χ4n) is 0.955. The first kappa shape index (κ1) is 8.31. The van der Waals surface area contributed by atoms with Gasteiger partial charge in [0.15, 0.2) is 5.17 Å². The van der Waals surface area contributed by atoms with Gasteiger partial charge < -0.3 is 5.32 Å². The zero-order valence-corrected chi connectivity index (χ0v) is 7.60. The van der Waals surface area contributed by atoms with E-state index >= 15 is 0 Å². The van der Waals surface area contributed by atoms with E-state index in [9.17, 15) is 4.79 Å². The Morgan fingerprint density at radius 3 is 3.23 bits per heavy atom. The summed E-state index contributed by atoms with van der Waals surface area (Å²) in [5.74, 6) is 0.781. The highest BCUT2D eigenvalue weighted by molar-refractivity contribution is 8.14. The van der Waals surface area contributed by atoms with Crippen LogP contribution in [0.1, 0.15) is 10.4 Å². The largest absolute Gasteiger partial charge is 0.301 e. The fraction of sp³-hybridized carbons (Fsp3) is 0.286. The number of thioether (sulfide) groups is 1. The third-order valence-electron chi connectivity index (χ3n) is 1.57. The Kier molecular flexibility index (Phi) is 2.31. The van der Waals surface area contributed by atoms with Crippen molar-refractivity contribution in [1.82, 2.24) is 15.5 Å². The second-order valence-electron chi connectivity index (χ2n) is 2.48. The van der Waals surface area contributed by atoms with Gasteiger partial charge in [0.05, 0.1) is 18.3 Å². The number of carbonyl (C=O) groups is 1. The number of carbonyl (C=O) groups excluding carboxylic acids is 1. The molecule has 1 aliphatic heterocycles. The highest BCUT2D eigenvalue weighted by Gasteiger charge is 2.12. The lowest BCUT2D eigenvalue weighted by molar-refractivity contribution is 0.0978. The van der Waals surface area contributed by atoms with Gasteiger partial charge in [0.25, 0.3) is 5.91 Å². The maximum atomic E-state index is 11.4. The van der Waals surface area contributed by atoms with Crippen molar-refractivity contribution in [2.75, 3.05) is 12.3 Å². The third kappa shape index (κ3) is 1.89. The molecule has 0 aliphatic carbocycles. The second-order valence-corrected chi connectivity index (χ2v) is 3.56. The number of rotatable bonds is 1. The van der Waals surface area contributed by atoms with Crippen molar-refractivity contribution in [1.29, 1.82) is 0 Å². The van der Waals surface area contributed by atoms with Gasteiger partial charge in [-0.3, -0.25) is 14.9 Å². The molecule has 1 aromatic heterocycles. The molecule has 13 heavy (non-hydrogen) atoms. The molecule has 2 N–H and O–H groups in total. The van der Waals surface area contributed by atoms with Gasteiger partial charge in [0, 0.05) is 11.9 Å². The molecule has 0 saturated heterocycles. The number of aromatic amines is 1. The van der Waals surface area contributed by atoms with Crippen LogP contribution in [0.5, 0.6) is 0 Å². The highest BCUT2D eigenvalue weighted by atomic mass is 32.2. The van der Waals surface area contributed by atoms with Gasteiger partial charge in [0.1, 0.15) is 0 Å². The molecule has 1 aromatic rings. The summed E-state index contributed by atoms with van der Waals surface area (Å²) in [6, 6.07) is 0. The molecular formula is C7H8N4OS. The van der Waals surface area contributed by atoms with Gasteiger partial charge in [-0.15, -0.1) is 0 Å². The molecule has 1 aliphatic rings. The summed E-state index contributed by atoms with van der Waals surface area (Å²) in [5, 5.41) is 9.66. The number of aromatic nitrogens is 2. The highest BCUT2D eigenvalue weighted by Crippen LogP contribution is 2.09. The number of amidine groups is 1. The molecule has 2 heterocycles. The Morgan fingerprint density at radius 1 is 1.69 bits per heavy atom. The minimum atomic E-state index is -0.165. The molecule has 6 heteroatoms. The van der Waals surface area contributed by atoms with Crippen molar-refractivity contribution in [2.45, 2.75) is 0 Å². The fourth-order valence-corrected chi connectivity index (χ4v) is 1.68. The van der Waals surface area contributed by atoms with Crippen LogP contribution in [0, 0.1) is 0 Å². The monoisotopic (exact) mass is 196 g/mol.